The molecule has 1 unspecified atom stereocenters. The maximum atomic E-state index is 12.7. The third kappa shape index (κ3) is 4.59. The van der Waals surface area contributed by atoms with Crippen LogP contribution in [0.3, 0.4) is 0 Å². The second-order valence-corrected chi connectivity index (χ2v) is 7.15. The summed E-state index contributed by atoms with van der Waals surface area (Å²) in [5, 5.41) is 3.06. The molecule has 1 aliphatic rings. The lowest BCUT2D eigenvalue weighted by atomic mass is 9.88. The van der Waals surface area contributed by atoms with Gasteiger partial charge in [0.05, 0.1) is 0 Å². The summed E-state index contributed by atoms with van der Waals surface area (Å²) < 4.78 is 13.0. The van der Waals surface area contributed by atoms with Crippen molar-refractivity contribution in [2.24, 2.45) is 0 Å². The van der Waals surface area contributed by atoms with Crippen LogP contribution in [0.25, 0.3) is 0 Å². The van der Waals surface area contributed by atoms with Crippen molar-refractivity contribution in [3.8, 4) is 11.5 Å². The van der Waals surface area contributed by atoms with Crippen molar-refractivity contribution in [2.45, 2.75) is 32.2 Å². The van der Waals surface area contributed by atoms with Gasteiger partial charge in [0.2, 0.25) is 12.7 Å². The van der Waals surface area contributed by atoms with Crippen molar-refractivity contribution in [3.05, 3.63) is 77.9 Å². The number of carbonyl (C=O) groups excluding carboxylic acids is 1. The molecule has 1 aromatic heterocycles. The lowest BCUT2D eigenvalue weighted by molar-refractivity contribution is -0.121. The number of fused-ring (bicyclic) bond motifs is 1. The van der Waals surface area contributed by atoms with E-state index in [0.29, 0.717) is 13.0 Å². The van der Waals surface area contributed by atoms with E-state index in [1.165, 1.54) is 0 Å². The van der Waals surface area contributed by atoms with Gasteiger partial charge in [-0.25, -0.2) is 4.98 Å². The van der Waals surface area contributed by atoms with Crippen molar-refractivity contribution < 1.29 is 14.3 Å². The van der Waals surface area contributed by atoms with Crippen LogP contribution in [0, 0.1) is 6.92 Å². The number of carbonyl (C=O) groups is 1. The quantitative estimate of drug-likeness (QED) is 0.596. The molecule has 0 spiro atoms. The highest BCUT2D eigenvalue weighted by atomic mass is 16.7. The van der Waals surface area contributed by atoms with Crippen LogP contribution in [0.1, 0.15) is 35.7 Å². The predicted molar refractivity (Wildman–Crippen MR) is 110 cm³/mol. The fraction of sp³-hybridized carbons (Fsp3) is 0.304. The van der Waals surface area contributed by atoms with E-state index in [9.17, 15) is 4.79 Å². The number of nitrogens with one attached hydrogen (secondary N) is 1. The van der Waals surface area contributed by atoms with Crippen LogP contribution in [0.5, 0.6) is 11.5 Å². The second kappa shape index (κ2) is 8.82. The SMILES string of the molecule is Cc1nccn1CCCNC(=O)CC(c1ccccc1)c1ccc2c(c1)OCO2. The van der Waals surface area contributed by atoms with Crippen molar-refractivity contribution in [3.63, 3.8) is 0 Å². The Balaban J connectivity index is 1.40. The highest BCUT2D eigenvalue weighted by Gasteiger charge is 2.21. The summed E-state index contributed by atoms with van der Waals surface area (Å²) in [4.78, 5) is 16.9. The maximum Gasteiger partial charge on any atom is 0.231 e. The number of ether oxygens (including phenoxy) is 2. The zero-order valence-electron chi connectivity index (χ0n) is 16.5. The Bertz CT molecular complexity index is 969. The van der Waals surface area contributed by atoms with Crippen LogP contribution in [-0.4, -0.2) is 28.8 Å². The highest BCUT2D eigenvalue weighted by Crippen LogP contribution is 2.37. The van der Waals surface area contributed by atoms with Crippen molar-refractivity contribution in [1.82, 2.24) is 14.9 Å². The van der Waals surface area contributed by atoms with Crippen molar-refractivity contribution >= 4 is 5.91 Å². The molecule has 0 saturated carbocycles. The summed E-state index contributed by atoms with van der Waals surface area (Å²) >= 11 is 0. The van der Waals surface area contributed by atoms with Gasteiger partial charge in [-0.2, -0.15) is 0 Å². The molecule has 6 heteroatoms. The standard InChI is InChI=1S/C23H25N3O3/c1-17-24-11-13-26(17)12-5-10-25-23(27)15-20(18-6-3-2-4-7-18)19-8-9-21-22(14-19)29-16-28-21/h2-4,6-9,11,13-14,20H,5,10,12,15-16H2,1H3,(H,25,27). The van der Waals surface area contributed by atoms with E-state index in [1.54, 1.807) is 6.20 Å². The first-order chi connectivity index (χ1) is 14.2. The lowest BCUT2D eigenvalue weighted by Crippen LogP contribution is -2.27. The minimum absolute atomic E-state index is 0.0402. The van der Waals surface area contributed by atoms with Gasteiger partial charge in [-0.05, 0) is 36.6 Å². The van der Waals surface area contributed by atoms with E-state index in [4.69, 9.17) is 9.47 Å². The molecule has 29 heavy (non-hydrogen) atoms. The van der Waals surface area contributed by atoms with E-state index in [-0.39, 0.29) is 18.6 Å². The fourth-order valence-corrected chi connectivity index (χ4v) is 3.62. The first-order valence-corrected chi connectivity index (χ1v) is 9.89. The summed E-state index contributed by atoms with van der Waals surface area (Å²) in [5.41, 5.74) is 2.15. The summed E-state index contributed by atoms with van der Waals surface area (Å²) in [7, 11) is 0. The van der Waals surface area contributed by atoms with Crippen molar-refractivity contribution in [2.75, 3.05) is 13.3 Å². The number of aromatic nitrogens is 2. The molecule has 1 N–H and O–H groups in total. The lowest BCUT2D eigenvalue weighted by Gasteiger charge is -2.18. The predicted octanol–water partition coefficient (Wildman–Crippen LogP) is 3.65. The zero-order chi connectivity index (χ0) is 20.1. The summed E-state index contributed by atoms with van der Waals surface area (Å²) in [5.74, 6) is 2.48. The molecule has 4 rings (SSSR count). The van der Waals surface area contributed by atoms with Crippen LogP contribution >= 0.6 is 0 Å². The van der Waals surface area contributed by atoms with Crippen LogP contribution in [0.15, 0.2) is 60.9 Å². The van der Waals surface area contributed by atoms with Gasteiger partial charge in [0.15, 0.2) is 11.5 Å². The normalized spacial score (nSPS) is 13.3. The van der Waals surface area contributed by atoms with E-state index < -0.39 is 0 Å². The molecule has 1 atom stereocenters. The molecular formula is C23H25N3O3. The Labute approximate surface area is 170 Å². The van der Waals surface area contributed by atoms with Gasteiger partial charge in [-0.15, -0.1) is 0 Å². The van der Waals surface area contributed by atoms with E-state index >= 15 is 0 Å². The molecule has 3 aromatic rings. The van der Waals surface area contributed by atoms with Crippen molar-refractivity contribution in [1.29, 1.82) is 0 Å². The first kappa shape index (κ1) is 19.1. The maximum absolute atomic E-state index is 12.7. The largest absolute Gasteiger partial charge is 0.454 e. The number of rotatable bonds is 8. The summed E-state index contributed by atoms with van der Waals surface area (Å²) in [6.45, 7) is 3.70. The Morgan fingerprint density at radius 1 is 1.14 bits per heavy atom. The molecule has 0 fully saturated rings. The number of nitrogens with zero attached hydrogens (tertiary/aromatic N) is 2. The zero-order valence-corrected chi connectivity index (χ0v) is 16.5. The smallest absolute Gasteiger partial charge is 0.231 e. The minimum atomic E-state index is -0.0402. The fourth-order valence-electron chi connectivity index (χ4n) is 3.62. The molecule has 2 aromatic carbocycles. The third-order valence-corrected chi connectivity index (χ3v) is 5.21. The number of benzene rings is 2. The molecule has 150 valence electrons. The number of aryl methyl sites for hydroxylation is 2. The number of imidazole rings is 1. The van der Waals surface area contributed by atoms with Crippen LogP contribution in [0.4, 0.5) is 0 Å². The number of hydrogen-bond acceptors (Lipinski definition) is 4. The molecule has 2 heterocycles. The molecular weight excluding hydrogens is 366 g/mol. The van der Waals surface area contributed by atoms with Gasteiger partial charge in [0, 0.05) is 37.8 Å². The molecule has 0 saturated heterocycles. The molecule has 0 aliphatic carbocycles. The molecule has 6 nitrogen and oxygen atoms in total. The number of amides is 1. The average Bonchev–Trinajstić information content (AvgIpc) is 3.38. The van der Waals surface area contributed by atoms with Crippen LogP contribution in [-0.2, 0) is 11.3 Å². The third-order valence-electron chi connectivity index (χ3n) is 5.21. The van der Waals surface area contributed by atoms with Gasteiger partial charge in [0.1, 0.15) is 5.82 Å². The monoisotopic (exact) mass is 391 g/mol. The van der Waals surface area contributed by atoms with Crippen LogP contribution in [0.2, 0.25) is 0 Å². The first-order valence-electron chi connectivity index (χ1n) is 9.89. The molecule has 0 bridgehead atoms. The highest BCUT2D eigenvalue weighted by molar-refractivity contribution is 5.77. The number of hydrogen-bond donors (Lipinski definition) is 1. The van der Waals surface area contributed by atoms with Gasteiger partial charge in [-0.1, -0.05) is 36.4 Å². The Morgan fingerprint density at radius 3 is 2.76 bits per heavy atom. The van der Waals surface area contributed by atoms with Crippen LogP contribution < -0.4 is 14.8 Å². The Kier molecular flexibility index (Phi) is 5.79. The summed E-state index contributed by atoms with van der Waals surface area (Å²) in [6.07, 6.45) is 5.00. The Morgan fingerprint density at radius 2 is 1.97 bits per heavy atom. The van der Waals surface area contributed by atoms with Gasteiger partial charge >= 0.3 is 0 Å². The topological polar surface area (TPSA) is 65.4 Å². The Hall–Kier alpha value is -3.28. The second-order valence-electron chi connectivity index (χ2n) is 7.15. The average molecular weight is 391 g/mol. The van der Waals surface area contributed by atoms with E-state index in [1.807, 2.05) is 49.5 Å². The molecule has 0 radical (unpaired) electrons. The molecule has 1 amide bonds. The van der Waals surface area contributed by atoms with E-state index in [0.717, 1.165) is 41.4 Å². The van der Waals surface area contributed by atoms with E-state index in [2.05, 4.69) is 27.0 Å². The minimum Gasteiger partial charge on any atom is -0.454 e. The summed E-state index contributed by atoms with van der Waals surface area (Å²) in [6, 6.07) is 16.0. The van der Waals surface area contributed by atoms with Gasteiger partial charge in [-0.3, -0.25) is 4.79 Å². The van der Waals surface area contributed by atoms with Gasteiger partial charge in [0.25, 0.3) is 0 Å². The molecule has 1 aliphatic heterocycles. The van der Waals surface area contributed by atoms with Gasteiger partial charge < -0.3 is 19.4 Å².